The molecule has 1 fully saturated rings. The maximum absolute atomic E-state index is 12.8. The van der Waals surface area contributed by atoms with Crippen LogP contribution in [0.4, 0.5) is 5.69 Å². The minimum absolute atomic E-state index is 0.176. The summed E-state index contributed by atoms with van der Waals surface area (Å²) in [4.78, 5) is 26.9. The number of rotatable bonds is 7. The van der Waals surface area contributed by atoms with Crippen molar-refractivity contribution in [2.24, 2.45) is 0 Å². The number of ether oxygens (including phenoxy) is 1. The van der Waals surface area contributed by atoms with Gasteiger partial charge in [0.2, 0.25) is 0 Å². The summed E-state index contributed by atoms with van der Waals surface area (Å²) in [5.41, 5.74) is 1.64. The second-order valence-corrected chi connectivity index (χ2v) is 10.0. The lowest BCUT2D eigenvalue weighted by Crippen LogP contribution is -2.45. The summed E-state index contributed by atoms with van der Waals surface area (Å²) in [5, 5.41) is 0. The Hall–Kier alpha value is -2.87. The molecule has 0 spiro atoms. The van der Waals surface area contributed by atoms with Crippen molar-refractivity contribution in [2.45, 2.75) is 50.5 Å². The van der Waals surface area contributed by atoms with Crippen LogP contribution in [0.5, 0.6) is 0 Å². The molecule has 0 saturated carbocycles. The largest absolute Gasteiger partial charge is 0.452 e. The van der Waals surface area contributed by atoms with E-state index in [0.717, 1.165) is 35.6 Å². The molecule has 0 aliphatic carbocycles. The zero-order valence-electron chi connectivity index (χ0n) is 18.8. The molecule has 0 aromatic heterocycles. The normalized spacial score (nSPS) is 16.5. The number of benzene rings is 2. The first-order valence-corrected chi connectivity index (χ1v) is 12.3. The van der Waals surface area contributed by atoms with E-state index in [4.69, 9.17) is 4.74 Å². The summed E-state index contributed by atoms with van der Waals surface area (Å²) in [6, 6.07) is 12.9. The van der Waals surface area contributed by atoms with Gasteiger partial charge >= 0.3 is 5.97 Å². The fourth-order valence-corrected chi connectivity index (χ4v) is 5.06. The standard InChI is InChI=1S/C24H30N2O5S/c1-4-20-7-5-6-16-26(20)23(27)17-31-24(28)19-10-12-21(13-11-19)25(3)32(29,30)22-14-8-18(2)9-15-22/h8-15,20H,4-7,16-17H2,1-3H3. The van der Waals surface area contributed by atoms with Crippen LogP contribution in [0.2, 0.25) is 0 Å². The molecule has 1 aliphatic heterocycles. The Bertz CT molecular complexity index is 1050. The van der Waals surface area contributed by atoms with Crippen LogP contribution in [-0.2, 0) is 19.6 Å². The van der Waals surface area contributed by atoms with Crippen LogP contribution in [0.3, 0.4) is 0 Å². The topological polar surface area (TPSA) is 84.0 Å². The predicted molar refractivity (Wildman–Crippen MR) is 123 cm³/mol. The van der Waals surface area contributed by atoms with Crippen molar-refractivity contribution in [1.29, 1.82) is 0 Å². The number of nitrogens with zero attached hydrogens (tertiary/aromatic N) is 2. The maximum Gasteiger partial charge on any atom is 0.338 e. The van der Waals surface area contributed by atoms with E-state index in [9.17, 15) is 18.0 Å². The highest BCUT2D eigenvalue weighted by atomic mass is 32.2. The number of sulfonamides is 1. The van der Waals surface area contributed by atoms with E-state index in [1.165, 1.54) is 19.2 Å². The van der Waals surface area contributed by atoms with Gasteiger partial charge in [-0.3, -0.25) is 9.10 Å². The fraction of sp³-hybridized carbons (Fsp3) is 0.417. The maximum atomic E-state index is 12.8. The van der Waals surface area contributed by atoms with E-state index in [2.05, 4.69) is 6.92 Å². The molecule has 0 bridgehead atoms. The molecule has 1 heterocycles. The quantitative estimate of drug-likeness (QED) is 0.590. The lowest BCUT2D eigenvalue weighted by molar-refractivity contribution is -0.138. The molecule has 0 radical (unpaired) electrons. The van der Waals surface area contributed by atoms with Crippen LogP contribution in [0, 0.1) is 6.92 Å². The monoisotopic (exact) mass is 458 g/mol. The molecule has 32 heavy (non-hydrogen) atoms. The van der Waals surface area contributed by atoms with Crippen LogP contribution in [-0.4, -0.2) is 51.4 Å². The van der Waals surface area contributed by atoms with Gasteiger partial charge in [-0.05, 0) is 69.0 Å². The van der Waals surface area contributed by atoms with Crippen LogP contribution in [0.25, 0.3) is 0 Å². The number of carbonyl (C=O) groups excluding carboxylic acids is 2. The number of amides is 1. The van der Waals surface area contributed by atoms with Crippen LogP contribution < -0.4 is 4.31 Å². The molecular formula is C24H30N2O5S. The molecule has 3 rings (SSSR count). The summed E-state index contributed by atoms with van der Waals surface area (Å²) in [5.74, 6) is -0.788. The first-order valence-electron chi connectivity index (χ1n) is 10.9. The number of carbonyl (C=O) groups is 2. The second-order valence-electron chi connectivity index (χ2n) is 8.05. The lowest BCUT2D eigenvalue weighted by atomic mass is 10.00. The molecule has 2 aromatic carbocycles. The van der Waals surface area contributed by atoms with Gasteiger partial charge in [0.1, 0.15) is 0 Å². The number of anilines is 1. The summed E-state index contributed by atoms with van der Waals surface area (Å²) < 4.78 is 32.1. The highest BCUT2D eigenvalue weighted by molar-refractivity contribution is 7.92. The van der Waals surface area contributed by atoms with Crippen molar-refractivity contribution in [3.8, 4) is 0 Å². The minimum atomic E-state index is -3.72. The molecule has 2 aromatic rings. The first-order chi connectivity index (χ1) is 15.2. The zero-order valence-corrected chi connectivity index (χ0v) is 19.6. The van der Waals surface area contributed by atoms with Crippen LogP contribution >= 0.6 is 0 Å². The molecule has 1 atom stereocenters. The minimum Gasteiger partial charge on any atom is -0.452 e. The average molecular weight is 459 g/mol. The first kappa shape index (κ1) is 23.8. The summed E-state index contributed by atoms with van der Waals surface area (Å²) in [7, 11) is -2.25. The zero-order chi connectivity index (χ0) is 23.3. The van der Waals surface area contributed by atoms with Gasteiger partial charge in [0.25, 0.3) is 15.9 Å². The number of hydrogen-bond acceptors (Lipinski definition) is 5. The molecule has 1 unspecified atom stereocenters. The van der Waals surface area contributed by atoms with Gasteiger partial charge in [-0.1, -0.05) is 24.6 Å². The molecular weight excluding hydrogens is 428 g/mol. The van der Waals surface area contributed by atoms with Gasteiger partial charge in [-0.25, -0.2) is 13.2 Å². The summed E-state index contributed by atoms with van der Waals surface area (Å²) in [6.07, 6.45) is 3.95. The summed E-state index contributed by atoms with van der Waals surface area (Å²) >= 11 is 0. The Morgan fingerprint density at radius 1 is 1.06 bits per heavy atom. The van der Waals surface area contributed by atoms with Crippen molar-refractivity contribution in [3.05, 3.63) is 59.7 Å². The molecule has 0 N–H and O–H groups in total. The molecule has 7 nitrogen and oxygen atoms in total. The van der Waals surface area contributed by atoms with Gasteiger partial charge in [0, 0.05) is 19.6 Å². The average Bonchev–Trinajstić information content (AvgIpc) is 2.82. The van der Waals surface area contributed by atoms with E-state index < -0.39 is 16.0 Å². The molecule has 8 heteroatoms. The van der Waals surface area contributed by atoms with Gasteiger partial charge < -0.3 is 9.64 Å². The number of likely N-dealkylation sites (tertiary alicyclic amines) is 1. The number of esters is 1. The van der Waals surface area contributed by atoms with Gasteiger partial charge in [-0.2, -0.15) is 0 Å². The Morgan fingerprint density at radius 3 is 2.34 bits per heavy atom. The van der Waals surface area contributed by atoms with Gasteiger partial charge in [0.05, 0.1) is 16.1 Å². The number of aryl methyl sites for hydroxylation is 1. The van der Waals surface area contributed by atoms with E-state index >= 15 is 0 Å². The highest BCUT2D eigenvalue weighted by Crippen LogP contribution is 2.23. The lowest BCUT2D eigenvalue weighted by Gasteiger charge is -2.35. The van der Waals surface area contributed by atoms with E-state index in [0.29, 0.717) is 12.2 Å². The van der Waals surface area contributed by atoms with Crippen molar-refractivity contribution in [2.75, 3.05) is 24.5 Å². The van der Waals surface area contributed by atoms with Gasteiger partial charge in [-0.15, -0.1) is 0 Å². The van der Waals surface area contributed by atoms with Crippen molar-refractivity contribution in [1.82, 2.24) is 4.90 Å². The number of piperidine rings is 1. The van der Waals surface area contributed by atoms with Gasteiger partial charge in [0.15, 0.2) is 6.61 Å². The van der Waals surface area contributed by atoms with Crippen molar-refractivity contribution < 1.29 is 22.7 Å². The van der Waals surface area contributed by atoms with Crippen molar-refractivity contribution in [3.63, 3.8) is 0 Å². The Labute approximate surface area is 190 Å². The van der Waals surface area contributed by atoms with Crippen molar-refractivity contribution >= 4 is 27.6 Å². The molecule has 172 valence electrons. The molecule has 1 amide bonds. The van der Waals surface area contributed by atoms with Crippen LogP contribution in [0.1, 0.15) is 48.5 Å². The molecule has 1 saturated heterocycles. The number of hydrogen-bond donors (Lipinski definition) is 0. The smallest absolute Gasteiger partial charge is 0.338 e. The van der Waals surface area contributed by atoms with Crippen LogP contribution in [0.15, 0.2) is 53.4 Å². The Kier molecular flexibility index (Phi) is 7.56. The Balaban J connectivity index is 1.62. The van der Waals surface area contributed by atoms with E-state index in [1.54, 1.807) is 36.4 Å². The third-order valence-corrected chi connectivity index (χ3v) is 7.69. The highest BCUT2D eigenvalue weighted by Gasteiger charge is 2.26. The molecule has 1 aliphatic rings. The fourth-order valence-electron chi connectivity index (χ4n) is 3.86. The third kappa shape index (κ3) is 5.30. The second kappa shape index (κ2) is 10.2. The predicted octanol–water partition coefficient (Wildman–Crippen LogP) is 3.77. The summed E-state index contributed by atoms with van der Waals surface area (Å²) in [6.45, 7) is 4.35. The third-order valence-electron chi connectivity index (χ3n) is 5.89. The van der Waals surface area contributed by atoms with E-state index in [-0.39, 0.29) is 29.0 Å². The SMILES string of the molecule is CCC1CCCCN1C(=O)COC(=O)c1ccc(N(C)S(=O)(=O)c2ccc(C)cc2)cc1. The van der Waals surface area contributed by atoms with E-state index in [1.807, 2.05) is 11.8 Å². The Morgan fingerprint density at radius 2 is 1.72 bits per heavy atom.